The molecule has 96 valence electrons. The van der Waals surface area contributed by atoms with Gasteiger partial charge in [-0.1, -0.05) is 13.3 Å². The number of nitrogens with one attached hydrogen (secondary N) is 1. The molecule has 1 saturated carbocycles. The zero-order valence-electron chi connectivity index (χ0n) is 10.9. The Kier molecular flexibility index (Phi) is 6.32. The normalized spacial score (nSPS) is 20.4. The van der Waals surface area contributed by atoms with Crippen LogP contribution in [0.1, 0.15) is 45.4 Å². The Labute approximate surface area is 100 Å². The van der Waals surface area contributed by atoms with Gasteiger partial charge in [0.15, 0.2) is 0 Å². The van der Waals surface area contributed by atoms with E-state index in [0.717, 1.165) is 32.5 Å². The minimum absolute atomic E-state index is 0.484. The number of nitrogens with two attached hydrogens (primary N) is 1. The van der Waals surface area contributed by atoms with Gasteiger partial charge in [0.1, 0.15) is 0 Å². The summed E-state index contributed by atoms with van der Waals surface area (Å²) in [6, 6.07) is 0.484. The van der Waals surface area contributed by atoms with Gasteiger partial charge < -0.3 is 15.8 Å². The summed E-state index contributed by atoms with van der Waals surface area (Å²) in [6.07, 6.45) is 7.72. The molecular formula is C13H28N2O. The van der Waals surface area contributed by atoms with Crippen molar-refractivity contribution in [1.29, 1.82) is 0 Å². The summed E-state index contributed by atoms with van der Waals surface area (Å²) in [7, 11) is 1.77. The van der Waals surface area contributed by atoms with E-state index in [1.807, 2.05) is 0 Å². The molecule has 0 aliphatic heterocycles. The van der Waals surface area contributed by atoms with Gasteiger partial charge in [-0.3, -0.25) is 0 Å². The Balaban J connectivity index is 2.24. The first kappa shape index (κ1) is 13.9. The number of hydrogen-bond donors (Lipinski definition) is 2. The van der Waals surface area contributed by atoms with E-state index in [9.17, 15) is 0 Å². The van der Waals surface area contributed by atoms with E-state index in [1.54, 1.807) is 7.11 Å². The van der Waals surface area contributed by atoms with Crippen molar-refractivity contribution in [1.82, 2.24) is 5.32 Å². The number of hydrogen-bond acceptors (Lipinski definition) is 3. The molecule has 1 rings (SSSR count). The lowest BCUT2D eigenvalue weighted by Gasteiger charge is -2.42. The summed E-state index contributed by atoms with van der Waals surface area (Å²) < 4.78 is 5.25. The molecule has 1 atom stereocenters. The molecule has 1 unspecified atom stereocenters. The second-order valence-electron chi connectivity index (χ2n) is 5.17. The third-order valence-electron chi connectivity index (χ3n) is 4.05. The second-order valence-corrected chi connectivity index (χ2v) is 5.17. The van der Waals surface area contributed by atoms with E-state index in [2.05, 4.69) is 12.2 Å². The molecule has 0 spiro atoms. The molecule has 0 aromatic heterocycles. The molecule has 1 fully saturated rings. The maximum Gasteiger partial charge on any atom is 0.0615 e. The summed E-state index contributed by atoms with van der Waals surface area (Å²) >= 11 is 0. The van der Waals surface area contributed by atoms with E-state index in [-0.39, 0.29) is 0 Å². The van der Waals surface area contributed by atoms with Crippen LogP contribution in [0.2, 0.25) is 0 Å². The zero-order valence-corrected chi connectivity index (χ0v) is 10.9. The fourth-order valence-corrected chi connectivity index (χ4v) is 2.50. The first-order valence-electron chi connectivity index (χ1n) is 6.69. The number of ether oxygens (including phenoxy) is 1. The smallest absolute Gasteiger partial charge is 0.0615 e. The van der Waals surface area contributed by atoms with Gasteiger partial charge in [0.2, 0.25) is 0 Å². The summed E-state index contributed by atoms with van der Waals surface area (Å²) in [5, 5.41) is 3.67. The maximum absolute atomic E-state index is 5.55. The Hall–Kier alpha value is -0.120. The van der Waals surface area contributed by atoms with Crippen LogP contribution in [0.5, 0.6) is 0 Å². The molecule has 0 bridgehead atoms. The van der Waals surface area contributed by atoms with Crippen LogP contribution in [0.4, 0.5) is 0 Å². The van der Waals surface area contributed by atoms with Crippen molar-refractivity contribution in [2.75, 3.05) is 26.8 Å². The fraction of sp³-hybridized carbons (Fsp3) is 1.00. The summed E-state index contributed by atoms with van der Waals surface area (Å²) in [5.41, 5.74) is 6.14. The van der Waals surface area contributed by atoms with E-state index in [4.69, 9.17) is 10.5 Å². The molecule has 0 amide bonds. The molecule has 1 aliphatic carbocycles. The van der Waals surface area contributed by atoms with Crippen molar-refractivity contribution >= 4 is 0 Å². The lowest BCUT2D eigenvalue weighted by molar-refractivity contribution is 0.101. The Morgan fingerprint density at radius 1 is 1.44 bits per heavy atom. The molecule has 0 radical (unpaired) electrons. The molecule has 0 heterocycles. The summed E-state index contributed by atoms with van der Waals surface area (Å²) in [6.45, 7) is 5.05. The number of rotatable bonds is 9. The summed E-state index contributed by atoms with van der Waals surface area (Å²) in [4.78, 5) is 0. The third-order valence-corrected chi connectivity index (χ3v) is 4.05. The SMILES string of the molecule is CCC1(CNC(CCCN)COC)CCC1. The Morgan fingerprint density at radius 2 is 2.19 bits per heavy atom. The van der Waals surface area contributed by atoms with Crippen molar-refractivity contribution < 1.29 is 4.74 Å². The maximum atomic E-state index is 5.55. The van der Waals surface area contributed by atoms with Gasteiger partial charge in [-0.25, -0.2) is 0 Å². The first-order chi connectivity index (χ1) is 7.76. The van der Waals surface area contributed by atoms with Gasteiger partial charge in [0.25, 0.3) is 0 Å². The monoisotopic (exact) mass is 228 g/mol. The highest BCUT2D eigenvalue weighted by Crippen LogP contribution is 2.43. The molecule has 0 aromatic carbocycles. The van der Waals surface area contributed by atoms with Gasteiger partial charge in [0, 0.05) is 19.7 Å². The molecule has 0 saturated heterocycles. The van der Waals surface area contributed by atoms with Crippen LogP contribution in [-0.4, -0.2) is 32.8 Å². The molecular weight excluding hydrogens is 200 g/mol. The van der Waals surface area contributed by atoms with E-state index >= 15 is 0 Å². The minimum Gasteiger partial charge on any atom is -0.383 e. The lowest BCUT2D eigenvalue weighted by atomic mass is 9.67. The van der Waals surface area contributed by atoms with E-state index < -0.39 is 0 Å². The Morgan fingerprint density at radius 3 is 2.62 bits per heavy atom. The highest BCUT2D eigenvalue weighted by molar-refractivity contribution is 4.89. The first-order valence-corrected chi connectivity index (χ1v) is 6.69. The van der Waals surface area contributed by atoms with E-state index in [1.165, 1.54) is 25.7 Å². The van der Waals surface area contributed by atoms with Crippen LogP contribution < -0.4 is 11.1 Å². The predicted molar refractivity (Wildman–Crippen MR) is 68.5 cm³/mol. The molecule has 1 aliphatic rings. The average molecular weight is 228 g/mol. The third kappa shape index (κ3) is 4.04. The highest BCUT2D eigenvalue weighted by Gasteiger charge is 2.34. The van der Waals surface area contributed by atoms with Crippen LogP contribution in [0.25, 0.3) is 0 Å². The van der Waals surface area contributed by atoms with Crippen LogP contribution in [0.3, 0.4) is 0 Å². The van der Waals surface area contributed by atoms with Gasteiger partial charge in [-0.15, -0.1) is 0 Å². The predicted octanol–water partition coefficient (Wildman–Crippen LogP) is 1.91. The fourth-order valence-electron chi connectivity index (χ4n) is 2.50. The average Bonchev–Trinajstić information content (AvgIpc) is 2.24. The Bertz CT molecular complexity index is 175. The zero-order chi connectivity index (χ0) is 11.9. The van der Waals surface area contributed by atoms with E-state index in [0.29, 0.717) is 11.5 Å². The van der Waals surface area contributed by atoms with Gasteiger partial charge in [-0.05, 0) is 44.1 Å². The van der Waals surface area contributed by atoms with Crippen LogP contribution in [0.15, 0.2) is 0 Å². The minimum atomic E-state index is 0.484. The largest absolute Gasteiger partial charge is 0.383 e. The molecule has 0 aromatic rings. The quantitative estimate of drug-likeness (QED) is 0.634. The van der Waals surface area contributed by atoms with Gasteiger partial charge >= 0.3 is 0 Å². The standard InChI is InChI=1S/C13H28N2O/c1-3-13(7-5-8-13)11-15-12(10-16-2)6-4-9-14/h12,15H,3-11,14H2,1-2H3. The second kappa shape index (κ2) is 7.25. The highest BCUT2D eigenvalue weighted by atomic mass is 16.5. The van der Waals surface area contributed by atoms with Crippen LogP contribution in [0, 0.1) is 5.41 Å². The summed E-state index contributed by atoms with van der Waals surface area (Å²) in [5.74, 6) is 0. The van der Waals surface area contributed by atoms with Crippen LogP contribution >= 0.6 is 0 Å². The van der Waals surface area contributed by atoms with Crippen molar-refractivity contribution in [3.63, 3.8) is 0 Å². The molecule has 3 heteroatoms. The van der Waals surface area contributed by atoms with Gasteiger partial charge in [0.05, 0.1) is 6.61 Å². The topological polar surface area (TPSA) is 47.3 Å². The van der Waals surface area contributed by atoms with Gasteiger partial charge in [-0.2, -0.15) is 0 Å². The molecule has 16 heavy (non-hydrogen) atoms. The van der Waals surface area contributed by atoms with Crippen molar-refractivity contribution in [2.24, 2.45) is 11.1 Å². The van der Waals surface area contributed by atoms with Crippen molar-refractivity contribution in [3.05, 3.63) is 0 Å². The van der Waals surface area contributed by atoms with Crippen molar-refractivity contribution in [3.8, 4) is 0 Å². The van der Waals surface area contributed by atoms with Crippen molar-refractivity contribution in [2.45, 2.75) is 51.5 Å². The number of methoxy groups -OCH3 is 1. The molecule has 3 nitrogen and oxygen atoms in total. The lowest BCUT2D eigenvalue weighted by Crippen LogP contribution is -2.45. The van der Waals surface area contributed by atoms with Crippen LogP contribution in [-0.2, 0) is 4.74 Å². The molecule has 3 N–H and O–H groups in total.